The Morgan fingerprint density at radius 1 is 1.03 bits per heavy atom. The molecule has 1 atom stereocenters. The molecule has 1 aliphatic heterocycles. The maximum atomic E-state index is 13.4. The number of aromatic nitrogens is 2. The molecule has 2 aromatic carbocycles. The van der Waals surface area contributed by atoms with Gasteiger partial charge in [-0.1, -0.05) is 35.9 Å². The number of fused-ring (bicyclic) bond motifs is 1. The largest absolute Gasteiger partial charge is 0.309 e. The van der Waals surface area contributed by atoms with Gasteiger partial charge in [-0.3, -0.25) is 4.79 Å². The number of carbonyl (C=O) groups is 1. The van der Waals surface area contributed by atoms with Crippen molar-refractivity contribution in [2.24, 2.45) is 0 Å². The predicted molar refractivity (Wildman–Crippen MR) is 122 cm³/mol. The van der Waals surface area contributed by atoms with Gasteiger partial charge in [-0.05, 0) is 63.3 Å². The molecule has 1 amide bonds. The molecule has 0 saturated carbocycles. The Hall–Kier alpha value is -2.97. The van der Waals surface area contributed by atoms with E-state index in [9.17, 15) is 13.2 Å². The van der Waals surface area contributed by atoms with Crippen LogP contribution in [0.4, 0.5) is 5.82 Å². The standard InChI is InChI=1S/C24H26N4O3S/c1-17-12-14-19(15-13-17)32(30,31)27-16-6-11-22(27)24(29)25-23-20-9-5-10-21(20)26-28(23)18-7-3-2-4-8-18/h2-4,7-8,12-15,22H,5-6,9-11,16H2,1H3,(H,25,29). The zero-order valence-electron chi connectivity index (χ0n) is 18.0. The molecule has 1 fully saturated rings. The molecule has 8 heteroatoms. The van der Waals surface area contributed by atoms with Gasteiger partial charge in [0.1, 0.15) is 11.9 Å². The maximum Gasteiger partial charge on any atom is 0.244 e. The highest BCUT2D eigenvalue weighted by Gasteiger charge is 2.40. The SMILES string of the molecule is Cc1ccc(S(=O)(=O)N2CCCC2C(=O)Nc2c3c(nn2-c2ccccc2)CCC3)cc1. The second kappa shape index (κ2) is 8.18. The number of nitrogens with zero attached hydrogens (tertiary/aromatic N) is 3. The smallest absolute Gasteiger partial charge is 0.244 e. The summed E-state index contributed by atoms with van der Waals surface area (Å²) in [6, 6.07) is 15.7. The molecule has 1 aliphatic carbocycles. The van der Waals surface area contributed by atoms with E-state index in [1.54, 1.807) is 28.9 Å². The van der Waals surface area contributed by atoms with E-state index in [0.717, 1.165) is 41.8 Å². The van der Waals surface area contributed by atoms with Crippen LogP contribution in [0.3, 0.4) is 0 Å². The van der Waals surface area contributed by atoms with Crippen LogP contribution in [0.2, 0.25) is 0 Å². The quantitative estimate of drug-likeness (QED) is 0.645. The van der Waals surface area contributed by atoms with Gasteiger partial charge in [0.05, 0.1) is 16.3 Å². The molecule has 2 heterocycles. The van der Waals surface area contributed by atoms with Gasteiger partial charge >= 0.3 is 0 Å². The Labute approximate surface area is 188 Å². The van der Waals surface area contributed by atoms with Crippen molar-refractivity contribution in [1.82, 2.24) is 14.1 Å². The average Bonchev–Trinajstić information content (AvgIpc) is 3.52. The van der Waals surface area contributed by atoms with E-state index < -0.39 is 16.1 Å². The van der Waals surface area contributed by atoms with Crippen molar-refractivity contribution in [3.63, 3.8) is 0 Å². The number of amides is 1. The molecule has 1 saturated heterocycles. The summed E-state index contributed by atoms with van der Waals surface area (Å²) in [4.78, 5) is 13.6. The summed E-state index contributed by atoms with van der Waals surface area (Å²) in [7, 11) is -3.75. The molecule has 1 aromatic heterocycles. The first-order chi connectivity index (χ1) is 15.4. The van der Waals surface area contributed by atoms with Crippen molar-refractivity contribution in [2.75, 3.05) is 11.9 Å². The first-order valence-electron chi connectivity index (χ1n) is 11.0. The Balaban J connectivity index is 1.45. The highest BCUT2D eigenvalue weighted by Crippen LogP contribution is 2.32. The minimum absolute atomic E-state index is 0.220. The molecule has 0 bridgehead atoms. The van der Waals surface area contributed by atoms with Gasteiger partial charge in [0.2, 0.25) is 15.9 Å². The summed E-state index contributed by atoms with van der Waals surface area (Å²) < 4.78 is 29.7. The zero-order chi connectivity index (χ0) is 22.3. The maximum absolute atomic E-state index is 13.4. The third-order valence-corrected chi connectivity index (χ3v) is 8.21. The number of hydrogen-bond donors (Lipinski definition) is 1. The normalized spacial score (nSPS) is 18.6. The molecule has 5 rings (SSSR count). The van der Waals surface area contributed by atoms with Crippen LogP contribution in [-0.4, -0.2) is 41.0 Å². The van der Waals surface area contributed by atoms with Gasteiger partial charge in [-0.15, -0.1) is 0 Å². The van der Waals surface area contributed by atoms with Crippen LogP contribution in [0.15, 0.2) is 59.5 Å². The topological polar surface area (TPSA) is 84.3 Å². The second-order valence-corrected chi connectivity index (χ2v) is 10.3. The molecule has 1 unspecified atom stereocenters. The summed E-state index contributed by atoms with van der Waals surface area (Å²) in [5, 5.41) is 7.78. The fourth-order valence-electron chi connectivity index (χ4n) is 4.61. The summed E-state index contributed by atoms with van der Waals surface area (Å²) in [5.74, 6) is 0.359. The van der Waals surface area contributed by atoms with Crippen LogP contribution in [0.5, 0.6) is 0 Å². The molecule has 32 heavy (non-hydrogen) atoms. The lowest BCUT2D eigenvalue weighted by atomic mass is 10.2. The van der Waals surface area contributed by atoms with E-state index in [-0.39, 0.29) is 10.8 Å². The Morgan fingerprint density at radius 2 is 1.78 bits per heavy atom. The van der Waals surface area contributed by atoms with Gasteiger partial charge in [0.15, 0.2) is 0 Å². The fraction of sp³-hybridized carbons (Fsp3) is 0.333. The predicted octanol–water partition coefficient (Wildman–Crippen LogP) is 3.46. The van der Waals surface area contributed by atoms with Gasteiger partial charge in [0.25, 0.3) is 0 Å². The number of anilines is 1. The summed E-state index contributed by atoms with van der Waals surface area (Å²) in [5.41, 5.74) is 3.91. The fourth-order valence-corrected chi connectivity index (χ4v) is 6.27. The number of rotatable bonds is 5. The highest BCUT2D eigenvalue weighted by molar-refractivity contribution is 7.89. The number of para-hydroxylation sites is 1. The van der Waals surface area contributed by atoms with Crippen LogP contribution in [0.1, 0.15) is 36.1 Å². The lowest BCUT2D eigenvalue weighted by Gasteiger charge is -2.24. The molecule has 0 radical (unpaired) electrons. The van der Waals surface area contributed by atoms with Crippen molar-refractivity contribution in [1.29, 1.82) is 0 Å². The highest BCUT2D eigenvalue weighted by atomic mass is 32.2. The number of nitrogens with one attached hydrogen (secondary N) is 1. The Kier molecular flexibility index (Phi) is 5.35. The molecular formula is C24H26N4O3S. The van der Waals surface area contributed by atoms with Crippen LogP contribution in [0.25, 0.3) is 5.69 Å². The van der Waals surface area contributed by atoms with Crippen molar-refractivity contribution < 1.29 is 13.2 Å². The van der Waals surface area contributed by atoms with Crippen molar-refractivity contribution in [3.05, 3.63) is 71.4 Å². The van der Waals surface area contributed by atoms with E-state index in [0.29, 0.717) is 25.2 Å². The summed E-state index contributed by atoms with van der Waals surface area (Å²) in [6.07, 6.45) is 3.90. The second-order valence-electron chi connectivity index (χ2n) is 8.45. The number of hydrogen-bond acceptors (Lipinski definition) is 4. The summed E-state index contributed by atoms with van der Waals surface area (Å²) >= 11 is 0. The minimum atomic E-state index is -3.75. The Morgan fingerprint density at radius 3 is 2.53 bits per heavy atom. The van der Waals surface area contributed by atoms with Crippen molar-refractivity contribution >= 4 is 21.7 Å². The number of carbonyl (C=O) groups excluding carboxylic acids is 1. The number of benzene rings is 2. The van der Waals surface area contributed by atoms with Gasteiger partial charge in [0, 0.05) is 12.1 Å². The molecule has 7 nitrogen and oxygen atoms in total. The monoisotopic (exact) mass is 450 g/mol. The molecule has 0 spiro atoms. The van der Waals surface area contributed by atoms with E-state index in [1.165, 1.54) is 4.31 Å². The van der Waals surface area contributed by atoms with E-state index in [2.05, 4.69) is 5.32 Å². The van der Waals surface area contributed by atoms with Crippen LogP contribution in [0, 0.1) is 6.92 Å². The molecule has 3 aromatic rings. The third kappa shape index (κ3) is 3.63. The van der Waals surface area contributed by atoms with E-state index in [4.69, 9.17) is 5.10 Å². The number of aryl methyl sites for hydroxylation is 2. The lowest BCUT2D eigenvalue weighted by molar-refractivity contribution is -0.119. The Bertz CT molecular complexity index is 1250. The van der Waals surface area contributed by atoms with Crippen LogP contribution >= 0.6 is 0 Å². The molecular weight excluding hydrogens is 424 g/mol. The third-order valence-electron chi connectivity index (χ3n) is 6.28. The molecule has 166 valence electrons. The van der Waals surface area contributed by atoms with Crippen LogP contribution in [-0.2, 0) is 27.7 Å². The van der Waals surface area contributed by atoms with E-state index in [1.807, 2.05) is 37.3 Å². The van der Waals surface area contributed by atoms with Crippen LogP contribution < -0.4 is 5.32 Å². The van der Waals surface area contributed by atoms with Gasteiger partial charge < -0.3 is 5.32 Å². The van der Waals surface area contributed by atoms with Crippen molar-refractivity contribution in [3.8, 4) is 5.69 Å². The minimum Gasteiger partial charge on any atom is -0.309 e. The van der Waals surface area contributed by atoms with Gasteiger partial charge in [-0.25, -0.2) is 13.1 Å². The van der Waals surface area contributed by atoms with Crippen molar-refractivity contribution in [2.45, 2.75) is 50.0 Å². The zero-order valence-corrected chi connectivity index (χ0v) is 18.8. The average molecular weight is 451 g/mol. The first kappa shape index (κ1) is 20.9. The van der Waals surface area contributed by atoms with Gasteiger partial charge in [-0.2, -0.15) is 9.40 Å². The molecule has 2 aliphatic rings. The van der Waals surface area contributed by atoms with E-state index >= 15 is 0 Å². The summed E-state index contributed by atoms with van der Waals surface area (Å²) in [6.45, 7) is 2.25. The number of sulfonamides is 1. The first-order valence-corrected chi connectivity index (χ1v) is 12.4. The lowest BCUT2D eigenvalue weighted by Crippen LogP contribution is -2.43. The molecule has 1 N–H and O–H groups in total.